The maximum absolute atomic E-state index is 12.7. The van der Waals surface area contributed by atoms with Crippen LogP contribution in [0.3, 0.4) is 0 Å². The van der Waals surface area contributed by atoms with Gasteiger partial charge in [0.15, 0.2) is 5.60 Å². The van der Waals surface area contributed by atoms with Crippen LogP contribution in [0.4, 0.5) is 0 Å². The number of ether oxygens (including phenoxy) is 1. The molecule has 0 amide bonds. The highest BCUT2D eigenvalue weighted by molar-refractivity contribution is 6.30. The summed E-state index contributed by atoms with van der Waals surface area (Å²) in [6, 6.07) is 16.5. The second-order valence-corrected chi connectivity index (χ2v) is 8.70. The second kappa shape index (κ2) is 8.21. The molecule has 30 heavy (non-hydrogen) atoms. The molecule has 0 radical (unpaired) electrons. The summed E-state index contributed by atoms with van der Waals surface area (Å²) in [4.78, 5) is 24.9. The molecule has 3 aromatic rings. The van der Waals surface area contributed by atoms with E-state index in [1.165, 1.54) is 0 Å². The molecule has 5 heteroatoms. The number of benzene rings is 3. The van der Waals surface area contributed by atoms with E-state index in [4.69, 9.17) is 16.3 Å². The Labute approximate surface area is 181 Å². The van der Waals surface area contributed by atoms with Crippen LogP contribution in [0.25, 0.3) is 21.9 Å². The van der Waals surface area contributed by atoms with Crippen molar-refractivity contribution in [1.82, 2.24) is 0 Å². The molecule has 0 heterocycles. The summed E-state index contributed by atoms with van der Waals surface area (Å²) in [5.74, 6) is -1.13. The van der Waals surface area contributed by atoms with Crippen LogP contribution in [0, 0.1) is 0 Å². The zero-order valence-corrected chi connectivity index (χ0v) is 18.3. The van der Waals surface area contributed by atoms with Gasteiger partial charge in [-0.1, -0.05) is 54.9 Å². The van der Waals surface area contributed by atoms with Crippen molar-refractivity contribution in [2.24, 2.45) is 0 Å². The number of carbonyl (C=O) groups is 2. The number of carboxylic acids is 1. The van der Waals surface area contributed by atoms with Gasteiger partial charge < -0.3 is 9.84 Å². The van der Waals surface area contributed by atoms with E-state index in [0.29, 0.717) is 28.0 Å². The minimum absolute atomic E-state index is 0.152. The number of carboxylic acid groups (broad SMARTS) is 1. The molecular formula is C25H25ClO4. The Balaban J connectivity index is 2.53. The van der Waals surface area contributed by atoms with E-state index < -0.39 is 17.2 Å². The van der Waals surface area contributed by atoms with Crippen molar-refractivity contribution in [1.29, 1.82) is 0 Å². The summed E-state index contributed by atoms with van der Waals surface area (Å²) in [6.45, 7) is 7.19. The standard InChI is InChI=1S/C25H25ClO4/c1-5-25(23(28)29,30-24(2,3)4)22-18(15-27)14-17-8-6-7-9-20(17)21(22)16-10-12-19(26)13-11-16/h6-15H,5H2,1-4H3,(H,28,29)/t25-/m0/s1. The SMILES string of the molecule is CC[C@@](OC(C)(C)C)(C(=O)O)c1c(C=O)cc2ccccc2c1-c1ccc(Cl)cc1. The molecule has 0 aliphatic heterocycles. The fourth-order valence-electron chi connectivity index (χ4n) is 3.94. The molecule has 0 spiro atoms. The molecule has 0 aliphatic carbocycles. The van der Waals surface area contributed by atoms with Crippen LogP contribution in [0.1, 0.15) is 50.0 Å². The van der Waals surface area contributed by atoms with Gasteiger partial charge in [0.05, 0.1) is 5.60 Å². The highest BCUT2D eigenvalue weighted by atomic mass is 35.5. The Hall–Kier alpha value is -2.69. The molecule has 4 nitrogen and oxygen atoms in total. The first-order valence-electron chi connectivity index (χ1n) is 9.84. The first-order valence-corrected chi connectivity index (χ1v) is 10.2. The number of aliphatic carboxylic acids is 1. The largest absolute Gasteiger partial charge is 0.479 e. The summed E-state index contributed by atoms with van der Waals surface area (Å²) < 4.78 is 6.21. The lowest BCUT2D eigenvalue weighted by molar-refractivity contribution is -0.188. The number of hydrogen-bond donors (Lipinski definition) is 1. The maximum Gasteiger partial charge on any atom is 0.340 e. The molecule has 0 saturated carbocycles. The van der Waals surface area contributed by atoms with Crippen molar-refractivity contribution < 1.29 is 19.4 Å². The van der Waals surface area contributed by atoms with E-state index in [-0.39, 0.29) is 6.42 Å². The van der Waals surface area contributed by atoms with E-state index in [1.54, 1.807) is 25.1 Å². The quantitative estimate of drug-likeness (QED) is 0.460. The van der Waals surface area contributed by atoms with Gasteiger partial charge in [0.25, 0.3) is 0 Å². The molecule has 1 N–H and O–H groups in total. The Morgan fingerprint density at radius 2 is 1.73 bits per heavy atom. The lowest BCUT2D eigenvalue weighted by Crippen LogP contribution is -2.45. The van der Waals surface area contributed by atoms with Crippen LogP contribution < -0.4 is 0 Å². The van der Waals surface area contributed by atoms with Crippen LogP contribution in [0.15, 0.2) is 54.6 Å². The molecule has 0 aliphatic rings. The minimum Gasteiger partial charge on any atom is -0.479 e. The molecule has 1 atom stereocenters. The lowest BCUT2D eigenvalue weighted by atomic mass is 9.79. The number of fused-ring (bicyclic) bond motifs is 1. The highest BCUT2D eigenvalue weighted by Gasteiger charge is 2.46. The summed E-state index contributed by atoms with van der Waals surface area (Å²) in [6.07, 6.45) is 0.861. The summed E-state index contributed by atoms with van der Waals surface area (Å²) in [7, 11) is 0. The van der Waals surface area contributed by atoms with Gasteiger partial charge in [0.1, 0.15) is 6.29 Å². The molecule has 0 saturated heterocycles. The Morgan fingerprint density at radius 1 is 1.10 bits per heavy atom. The average molecular weight is 425 g/mol. The minimum atomic E-state index is -1.70. The van der Waals surface area contributed by atoms with Gasteiger partial charge in [-0.3, -0.25) is 4.79 Å². The van der Waals surface area contributed by atoms with Crippen molar-refractivity contribution in [2.45, 2.75) is 45.3 Å². The molecule has 0 bridgehead atoms. The van der Waals surface area contributed by atoms with Gasteiger partial charge in [0, 0.05) is 16.1 Å². The summed E-state index contributed by atoms with van der Waals surface area (Å²) in [5.41, 5.74) is -0.354. The average Bonchev–Trinajstić information content (AvgIpc) is 2.70. The van der Waals surface area contributed by atoms with Crippen LogP contribution in [-0.2, 0) is 15.1 Å². The number of halogens is 1. The first-order chi connectivity index (χ1) is 14.1. The summed E-state index contributed by atoms with van der Waals surface area (Å²) >= 11 is 6.10. The fourth-order valence-corrected chi connectivity index (χ4v) is 4.06. The van der Waals surface area contributed by atoms with Crippen molar-refractivity contribution in [3.63, 3.8) is 0 Å². The zero-order valence-electron chi connectivity index (χ0n) is 17.5. The van der Waals surface area contributed by atoms with E-state index in [2.05, 4.69) is 0 Å². The van der Waals surface area contributed by atoms with E-state index in [0.717, 1.165) is 16.3 Å². The molecule has 3 aromatic carbocycles. The number of carbonyl (C=O) groups excluding carboxylic acids is 1. The van der Waals surface area contributed by atoms with Gasteiger partial charge in [-0.05, 0) is 67.3 Å². The van der Waals surface area contributed by atoms with Crippen LogP contribution in [0.2, 0.25) is 5.02 Å². The van der Waals surface area contributed by atoms with Crippen molar-refractivity contribution in [3.05, 3.63) is 70.7 Å². The van der Waals surface area contributed by atoms with Crippen LogP contribution >= 0.6 is 11.6 Å². The van der Waals surface area contributed by atoms with Crippen LogP contribution in [0.5, 0.6) is 0 Å². The lowest BCUT2D eigenvalue weighted by Gasteiger charge is -2.38. The molecular weight excluding hydrogens is 400 g/mol. The van der Waals surface area contributed by atoms with Gasteiger partial charge in [-0.25, -0.2) is 4.79 Å². The van der Waals surface area contributed by atoms with Gasteiger partial charge >= 0.3 is 5.97 Å². The fraction of sp³-hybridized carbons (Fsp3) is 0.280. The van der Waals surface area contributed by atoms with Crippen molar-refractivity contribution in [2.75, 3.05) is 0 Å². The molecule has 0 aromatic heterocycles. The monoisotopic (exact) mass is 424 g/mol. The van der Waals surface area contributed by atoms with E-state index in [1.807, 2.05) is 57.2 Å². The van der Waals surface area contributed by atoms with E-state index >= 15 is 0 Å². The normalized spacial score (nSPS) is 13.8. The third kappa shape index (κ3) is 3.98. The predicted molar refractivity (Wildman–Crippen MR) is 120 cm³/mol. The third-order valence-corrected chi connectivity index (χ3v) is 5.32. The third-order valence-electron chi connectivity index (χ3n) is 5.07. The van der Waals surface area contributed by atoms with Gasteiger partial charge in [-0.15, -0.1) is 0 Å². The van der Waals surface area contributed by atoms with Gasteiger partial charge in [0.2, 0.25) is 0 Å². The number of aldehydes is 1. The predicted octanol–water partition coefficient (Wildman–Crippen LogP) is 6.48. The Morgan fingerprint density at radius 3 is 2.27 bits per heavy atom. The van der Waals surface area contributed by atoms with Gasteiger partial charge in [-0.2, -0.15) is 0 Å². The number of rotatable bonds is 6. The van der Waals surface area contributed by atoms with Crippen molar-refractivity contribution >= 4 is 34.6 Å². The molecule has 0 unspecified atom stereocenters. The molecule has 3 rings (SSSR count). The number of hydrogen-bond acceptors (Lipinski definition) is 3. The topological polar surface area (TPSA) is 63.6 Å². The highest BCUT2D eigenvalue weighted by Crippen LogP contribution is 2.45. The maximum atomic E-state index is 12.7. The second-order valence-electron chi connectivity index (χ2n) is 8.26. The Kier molecular flexibility index (Phi) is 6.02. The smallest absolute Gasteiger partial charge is 0.340 e. The van der Waals surface area contributed by atoms with Crippen LogP contribution in [-0.4, -0.2) is 23.0 Å². The first kappa shape index (κ1) is 22.0. The molecule has 0 fully saturated rings. The zero-order chi connectivity index (χ0) is 22.1. The van der Waals surface area contributed by atoms with Crippen molar-refractivity contribution in [3.8, 4) is 11.1 Å². The van der Waals surface area contributed by atoms with E-state index in [9.17, 15) is 14.7 Å². The Bertz CT molecular complexity index is 1100. The molecule has 156 valence electrons. The summed E-state index contributed by atoms with van der Waals surface area (Å²) in [5, 5.41) is 12.6.